The minimum atomic E-state index is -0.0399. The molecular formula is C33H49FO2. The smallest absolute Gasteiger partial charge is 0.134 e. The Morgan fingerprint density at radius 2 is 1.53 bits per heavy atom. The van der Waals surface area contributed by atoms with Crippen LogP contribution in [0.4, 0.5) is 4.39 Å². The fourth-order valence-electron chi connectivity index (χ4n) is 6.03. The third-order valence-corrected chi connectivity index (χ3v) is 8.52. The van der Waals surface area contributed by atoms with Crippen molar-refractivity contribution in [2.24, 2.45) is 17.8 Å². The lowest BCUT2D eigenvalue weighted by atomic mass is 9.77. The quantitative estimate of drug-likeness (QED) is 0.243. The second-order valence-electron chi connectivity index (χ2n) is 11.2. The van der Waals surface area contributed by atoms with Crippen LogP contribution in [0.15, 0.2) is 36.4 Å². The average Bonchev–Trinajstić information content (AvgIpc) is 2.91. The molecule has 0 amide bonds. The Balaban J connectivity index is 1.59. The lowest BCUT2D eigenvalue weighted by Crippen LogP contribution is -2.15. The third-order valence-electron chi connectivity index (χ3n) is 8.52. The summed E-state index contributed by atoms with van der Waals surface area (Å²) in [7, 11) is 0. The van der Waals surface area contributed by atoms with Crippen LogP contribution in [0.25, 0.3) is 11.1 Å². The summed E-state index contributed by atoms with van der Waals surface area (Å²) in [6.07, 6.45) is 16.3. The van der Waals surface area contributed by atoms with E-state index in [9.17, 15) is 10.2 Å². The first-order valence-corrected chi connectivity index (χ1v) is 14.7. The minimum absolute atomic E-state index is 0.0333. The van der Waals surface area contributed by atoms with Gasteiger partial charge in [0.2, 0.25) is 0 Å². The summed E-state index contributed by atoms with van der Waals surface area (Å²) in [5, 5.41) is 18.6. The number of aliphatic hydroxyl groups is 2. The molecule has 0 atom stereocenters. The van der Waals surface area contributed by atoms with Gasteiger partial charge < -0.3 is 10.2 Å². The summed E-state index contributed by atoms with van der Waals surface area (Å²) in [5.74, 6) is 1.60. The van der Waals surface area contributed by atoms with Crippen LogP contribution >= 0.6 is 0 Å². The summed E-state index contributed by atoms with van der Waals surface area (Å²) in [5.41, 5.74) is 5.04. The second kappa shape index (κ2) is 15.5. The first-order valence-electron chi connectivity index (χ1n) is 14.7. The number of hydrogen-bond donors (Lipinski definition) is 2. The zero-order chi connectivity index (χ0) is 25.8. The molecule has 0 spiro atoms. The SMILES string of the molecule is CCCCCC1CCC(CCc2cccc(-c3ccc(CCCC(CO)CO)cc3CC)c2F)CC1. The van der Waals surface area contributed by atoms with Crippen LogP contribution < -0.4 is 0 Å². The van der Waals surface area contributed by atoms with Gasteiger partial charge in [-0.25, -0.2) is 4.39 Å². The van der Waals surface area contributed by atoms with Crippen LogP contribution in [0, 0.1) is 23.6 Å². The van der Waals surface area contributed by atoms with E-state index in [1.807, 2.05) is 18.2 Å². The highest BCUT2D eigenvalue weighted by molar-refractivity contribution is 5.69. The van der Waals surface area contributed by atoms with Gasteiger partial charge in [-0.05, 0) is 72.6 Å². The van der Waals surface area contributed by atoms with E-state index in [1.165, 1.54) is 62.5 Å². The van der Waals surface area contributed by atoms with Gasteiger partial charge >= 0.3 is 0 Å². The molecule has 0 unspecified atom stereocenters. The topological polar surface area (TPSA) is 40.5 Å². The largest absolute Gasteiger partial charge is 0.396 e. The molecule has 2 N–H and O–H groups in total. The molecule has 2 aromatic carbocycles. The van der Waals surface area contributed by atoms with Crippen molar-refractivity contribution in [3.05, 3.63) is 58.9 Å². The molecule has 1 aliphatic rings. The fourth-order valence-corrected chi connectivity index (χ4v) is 6.03. The van der Waals surface area contributed by atoms with Crippen LogP contribution in [-0.2, 0) is 19.3 Å². The van der Waals surface area contributed by atoms with E-state index in [0.29, 0.717) is 0 Å². The highest BCUT2D eigenvalue weighted by atomic mass is 19.1. The number of hydrogen-bond acceptors (Lipinski definition) is 2. The van der Waals surface area contributed by atoms with Gasteiger partial charge in [-0.1, -0.05) is 102 Å². The monoisotopic (exact) mass is 496 g/mol. The molecule has 0 aromatic heterocycles. The van der Waals surface area contributed by atoms with Gasteiger partial charge in [-0.15, -0.1) is 0 Å². The van der Waals surface area contributed by atoms with E-state index in [2.05, 4.69) is 32.0 Å². The Labute approximate surface area is 219 Å². The van der Waals surface area contributed by atoms with Crippen molar-refractivity contribution in [3.63, 3.8) is 0 Å². The summed E-state index contributed by atoms with van der Waals surface area (Å²) in [6.45, 7) is 4.48. The summed E-state index contributed by atoms with van der Waals surface area (Å²) < 4.78 is 15.7. The standard InChI is InChI=1S/C33H49FO2/c1-3-5-6-9-25-14-16-26(17-15-25)18-20-30-12-8-13-32(33(30)34)31-21-19-27(22-29(31)4-2)10-7-11-28(23-35)24-36/h8,12-13,19,21-22,25-26,28,35-36H,3-7,9-11,14-18,20,23-24H2,1-2H3. The maximum absolute atomic E-state index is 15.7. The zero-order valence-electron chi connectivity index (χ0n) is 22.8. The number of halogens is 1. The zero-order valence-corrected chi connectivity index (χ0v) is 22.8. The van der Waals surface area contributed by atoms with Crippen molar-refractivity contribution in [2.45, 2.75) is 104 Å². The molecule has 0 bridgehead atoms. The Hall–Kier alpha value is -1.71. The van der Waals surface area contributed by atoms with E-state index in [4.69, 9.17) is 0 Å². The summed E-state index contributed by atoms with van der Waals surface area (Å²) >= 11 is 0. The van der Waals surface area contributed by atoms with Gasteiger partial charge in [0.15, 0.2) is 0 Å². The van der Waals surface area contributed by atoms with Crippen molar-refractivity contribution in [1.82, 2.24) is 0 Å². The molecule has 36 heavy (non-hydrogen) atoms. The highest BCUT2D eigenvalue weighted by Gasteiger charge is 2.21. The number of aryl methyl sites for hydroxylation is 3. The van der Waals surface area contributed by atoms with Gasteiger partial charge in [0.25, 0.3) is 0 Å². The molecule has 3 heteroatoms. The van der Waals surface area contributed by atoms with Crippen molar-refractivity contribution in [2.75, 3.05) is 13.2 Å². The fraction of sp³-hybridized carbons (Fsp3) is 0.636. The van der Waals surface area contributed by atoms with Gasteiger partial charge in [0.05, 0.1) is 0 Å². The third kappa shape index (κ3) is 8.42. The molecule has 0 saturated heterocycles. The van der Waals surface area contributed by atoms with Gasteiger partial charge in [-0.2, -0.15) is 0 Å². The Bertz CT molecular complexity index is 897. The normalized spacial score (nSPS) is 18.2. The van der Waals surface area contributed by atoms with Crippen molar-refractivity contribution >= 4 is 0 Å². The molecule has 200 valence electrons. The molecule has 0 aliphatic heterocycles. The Kier molecular flexibility index (Phi) is 12.4. The maximum atomic E-state index is 15.7. The molecule has 1 aliphatic carbocycles. The predicted molar refractivity (Wildman–Crippen MR) is 150 cm³/mol. The molecule has 3 rings (SSSR count). The molecule has 1 fully saturated rings. The molecule has 0 heterocycles. The van der Waals surface area contributed by atoms with Crippen LogP contribution in [0.3, 0.4) is 0 Å². The number of unbranched alkanes of at least 4 members (excludes halogenated alkanes) is 2. The van der Waals surface area contributed by atoms with E-state index in [-0.39, 0.29) is 24.9 Å². The van der Waals surface area contributed by atoms with Crippen LogP contribution in [-0.4, -0.2) is 23.4 Å². The predicted octanol–water partition coefficient (Wildman–Crippen LogP) is 8.30. The van der Waals surface area contributed by atoms with E-state index < -0.39 is 0 Å². The molecular weight excluding hydrogens is 447 g/mol. The molecule has 2 aromatic rings. The summed E-state index contributed by atoms with van der Waals surface area (Å²) in [6, 6.07) is 12.4. The first-order chi connectivity index (χ1) is 17.6. The van der Waals surface area contributed by atoms with Gasteiger partial charge in [0, 0.05) is 24.7 Å². The van der Waals surface area contributed by atoms with Crippen molar-refractivity contribution in [3.8, 4) is 11.1 Å². The first kappa shape index (κ1) is 28.9. The minimum Gasteiger partial charge on any atom is -0.396 e. The lowest BCUT2D eigenvalue weighted by molar-refractivity contribution is 0.142. The number of aliphatic hydroxyl groups excluding tert-OH is 2. The Morgan fingerprint density at radius 3 is 2.19 bits per heavy atom. The second-order valence-corrected chi connectivity index (χ2v) is 11.2. The van der Waals surface area contributed by atoms with E-state index in [0.717, 1.165) is 67.1 Å². The van der Waals surface area contributed by atoms with Gasteiger partial charge in [0.1, 0.15) is 5.82 Å². The highest BCUT2D eigenvalue weighted by Crippen LogP contribution is 2.35. The number of benzene rings is 2. The van der Waals surface area contributed by atoms with E-state index in [1.54, 1.807) is 0 Å². The van der Waals surface area contributed by atoms with Crippen molar-refractivity contribution in [1.29, 1.82) is 0 Å². The van der Waals surface area contributed by atoms with Crippen LogP contribution in [0.5, 0.6) is 0 Å². The molecule has 1 saturated carbocycles. The Morgan fingerprint density at radius 1 is 0.806 bits per heavy atom. The molecule has 2 nitrogen and oxygen atoms in total. The average molecular weight is 497 g/mol. The van der Waals surface area contributed by atoms with Crippen LogP contribution in [0.2, 0.25) is 0 Å². The van der Waals surface area contributed by atoms with E-state index >= 15 is 4.39 Å². The van der Waals surface area contributed by atoms with Crippen molar-refractivity contribution < 1.29 is 14.6 Å². The maximum Gasteiger partial charge on any atom is 0.134 e. The van der Waals surface area contributed by atoms with Crippen LogP contribution in [0.1, 0.15) is 101 Å². The summed E-state index contributed by atoms with van der Waals surface area (Å²) in [4.78, 5) is 0. The lowest BCUT2D eigenvalue weighted by Gasteiger charge is -2.28. The molecule has 0 radical (unpaired) electrons. The van der Waals surface area contributed by atoms with Gasteiger partial charge in [-0.3, -0.25) is 0 Å². The number of rotatable bonds is 15.